The van der Waals surface area contributed by atoms with E-state index >= 15 is 0 Å². The number of nitrogens with zero attached hydrogens (tertiary/aromatic N) is 4. The summed E-state index contributed by atoms with van der Waals surface area (Å²) in [6.45, 7) is 3.09. The molecule has 1 aromatic heterocycles. The van der Waals surface area contributed by atoms with Gasteiger partial charge >= 0.3 is 6.18 Å². The molecule has 2 aliphatic rings. The minimum absolute atomic E-state index is 0.0166. The molecule has 0 unspecified atom stereocenters. The topological polar surface area (TPSA) is 39.7 Å². The molecular formula is C14H17F3N4O. The van der Waals surface area contributed by atoms with Gasteiger partial charge in [-0.05, 0) is 12.1 Å². The highest BCUT2D eigenvalue weighted by molar-refractivity contribution is 5.83. The number of piperazine rings is 2. The number of hydrogen-bond donors (Lipinski definition) is 0. The van der Waals surface area contributed by atoms with Crippen LogP contribution in [-0.4, -0.2) is 66.5 Å². The summed E-state index contributed by atoms with van der Waals surface area (Å²) in [4.78, 5) is 21.8. The van der Waals surface area contributed by atoms with Gasteiger partial charge in [0.1, 0.15) is 11.9 Å². The highest BCUT2D eigenvalue weighted by atomic mass is 19.4. The van der Waals surface area contributed by atoms with Crippen LogP contribution in [0.15, 0.2) is 18.3 Å². The first-order valence-corrected chi connectivity index (χ1v) is 7.13. The van der Waals surface area contributed by atoms with Crippen molar-refractivity contribution in [2.75, 3.05) is 44.7 Å². The number of likely N-dealkylation sites (N-methyl/N-ethyl adjacent to an activating group) is 1. The Hall–Kier alpha value is -1.83. The van der Waals surface area contributed by atoms with E-state index in [1.807, 2.05) is 0 Å². The summed E-state index contributed by atoms with van der Waals surface area (Å²) in [5.74, 6) is 0.290. The highest BCUT2D eigenvalue weighted by Gasteiger charge is 2.38. The van der Waals surface area contributed by atoms with E-state index in [-0.39, 0.29) is 17.8 Å². The number of fused-ring (bicyclic) bond motifs is 1. The smallest absolute Gasteiger partial charge is 0.353 e. The lowest BCUT2D eigenvalue weighted by Crippen LogP contribution is -2.64. The number of carbonyl (C=O) groups is 1. The van der Waals surface area contributed by atoms with Gasteiger partial charge in [-0.15, -0.1) is 0 Å². The van der Waals surface area contributed by atoms with E-state index in [1.165, 1.54) is 6.20 Å². The molecule has 0 aliphatic carbocycles. The van der Waals surface area contributed by atoms with Gasteiger partial charge in [-0.2, -0.15) is 13.2 Å². The van der Waals surface area contributed by atoms with Crippen LogP contribution in [0.4, 0.5) is 19.0 Å². The number of carbonyl (C=O) groups excluding carboxylic acids is 1. The second-order valence-corrected chi connectivity index (χ2v) is 5.66. The standard InChI is InChI=1S/C14H17F3N4O/c1-19-4-5-20-6-7-21(9-11(20)13(19)22)12-8-10(2-3-18-12)14(15,16)17/h2-3,8,11H,4-7,9H2,1H3/t11-/m0/s1. The molecule has 2 aliphatic heterocycles. The van der Waals surface area contributed by atoms with E-state index in [0.717, 1.165) is 18.7 Å². The van der Waals surface area contributed by atoms with Gasteiger partial charge in [-0.1, -0.05) is 0 Å². The first-order valence-electron chi connectivity index (χ1n) is 7.13. The van der Waals surface area contributed by atoms with Crippen molar-refractivity contribution < 1.29 is 18.0 Å². The molecule has 0 spiro atoms. The number of pyridine rings is 1. The molecule has 3 rings (SSSR count). The third-order valence-corrected chi connectivity index (χ3v) is 4.27. The van der Waals surface area contributed by atoms with Crippen molar-refractivity contribution in [1.29, 1.82) is 0 Å². The van der Waals surface area contributed by atoms with Crippen LogP contribution in [0, 0.1) is 0 Å². The van der Waals surface area contributed by atoms with Crippen molar-refractivity contribution in [1.82, 2.24) is 14.8 Å². The maximum atomic E-state index is 12.8. The van der Waals surface area contributed by atoms with Crippen molar-refractivity contribution in [3.05, 3.63) is 23.9 Å². The van der Waals surface area contributed by atoms with Crippen LogP contribution in [0.1, 0.15) is 5.56 Å². The third-order valence-electron chi connectivity index (χ3n) is 4.27. The number of alkyl halides is 3. The summed E-state index contributed by atoms with van der Waals surface area (Å²) in [6, 6.07) is 1.70. The third kappa shape index (κ3) is 2.75. The van der Waals surface area contributed by atoms with Crippen LogP contribution >= 0.6 is 0 Å². The minimum Gasteiger partial charge on any atom is -0.353 e. The zero-order chi connectivity index (χ0) is 15.9. The molecule has 0 N–H and O–H groups in total. The van der Waals surface area contributed by atoms with Crippen molar-refractivity contribution in [3.63, 3.8) is 0 Å². The lowest BCUT2D eigenvalue weighted by Gasteiger charge is -2.45. The molecule has 1 aromatic rings. The Morgan fingerprint density at radius 3 is 2.68 bits per heavy atom. The van der Waals surface area contributed by atoms with E-state index in [1.54, 1.807) is 16.8 Å². The van der Waals surface area contributed by atoms with Crippen molar-refractivity contribution >= 4 is 11.7 Å². The molecule has 1 atom stereocenters. The Morgan fingerprint density at radius 2 is 1.95 bits per heavy atom. The largest absolute Gasteiger partial charge is 0.416 e. The van der Waals surface area contributed by atoms with E-state index < -0.39 is 11.7 Å². The SMILES string of the molecule is CN1CCN2CCN(c3cc(C(F)(F)F)ccn3)C[C@H]2C1=O. The van der Waals surface area contributed by atoms with Gasteiger partial charge in [0.2, 0.25) is 5.91 Å². The number of aromatic nitrogens is 1. The lowest BCUT2D eigenvalue weighted by atomic mass is 10.1. The van der Waals surface area contributed by atoms with Crippen molar-refractivity contribution in [2.24, 2.45) is 0 Å². The van der Waals surface area contributed by atoms with Gasteiger partial charge in [0.15, 0.2) is 0 Å². The molecule has 22 heavy (non-hydrogen) atoms. The minimum atomic E-state index is -4.39. The van der Waals surface area contributed by atoms with Crippen LogP contribution in [0.3, 0.4) is 0 Å². The van der Waals surface area contributed by atoms with Crippen LogP contribution in [0.5, 0.6) is 0 Å². The molecule has 5 nitrogen and oxygen atoms in total. The van der Waals surface area contributed by atoms with Gasteiger partial charge in [0.05, 0.1) is 5.56 Å². The molecular weight excluding hydrogens is 297 g/mol. The van der Waals surface area contributed by atoms with Gasteiger partial charge in [-0.25, -0.2) is 4.98 Å². The quantitative estimate of drug-likeness (QED) is 0.777. The molecule has 0 saturated carbocycles. The second-order valence-electron chi connectivity index (χ2n) is 5.66. The summed E-state index contributed by atoms with van der Waals surface area (Å²) in [7, 11) is 1.75. The normalized spacial score (nSPS) is 23.6. The monoisotopic (exact) mass is 314 g/mol. The first-order chi connectivity index (χ1) is 10.4. The van der Waals surface area contributed by atoms with Crippen LogP contribution < -0.4 is 4.90 Å². The molecule has 0 radical (unpaired) electrons. The number of anilines is 1. The van der Waals surface area contributed by atoms with Gasteiger partial charge in [-0.3, -0.25) is 9.69 Å². The zero-order valence-electron chi connectivity index (χ0n) is 12.2. The fourth-order valence-corrected chi connectivity index (χ4v) is 2.94. The molecule has 2 saturated heterocycles. The van der Waals surface area contributed by atoms with Crippen LogP contribution in [0.2, 0.25) is 0 Å². The molecule has 1 amide bonds. The summed E-state index contributed by atoms with van der Waals surface area (Å²) >= 11 is 0. The predicted octanol–water partition coefficient (Wildman–Crippen LogP) is 1.06. The van der Waals surface area contributed by atoms with E-state index in [0.29, 0.717) is 26.2 Å². The Bertz CT molecular complexity index is 577. The number of rotatable bonds is 1. The predicted molar refractivity (Wildman–Crippen MR) is 74.5 cm³/mol. The number of amides is 1. The van der Waals surface area contributed by atoms with Crippen molar-refractivity contribution in [2.45, 2.75) is 12.2 Å². The van der Waals surface area contributed by atoms with E-state index in [2.05, 4.69) is 9.88 Å². The molecule has 8 heteroatoms. The Balaban J connectivity index is 1.80. The molecule has 2 fully saturated rings. The van der Waals surface area contributed by atoms with Gasteiger partial charge in [0.25, 0.3) is 0 Å². The average Bonchev–Trinajstić information content (AvgIpc) is 2.50. The molecule has 3 heterocycles. The average molecular weight is 314 g/mol. The summed E-state index contributed by atoms with van der Waals surface area (Å²) < 4.78 is 38.4. The molecule has 120 valence electrons. The first kappa shape index (κ1) is 15.1. The summed E-state index contributed by atoms with van der Waals surface area (Å²) in [5, 5.41) is 0. The van der Waals surface area contributed by atoms with E-state index in [9.17, 15) is 18.0 Å². The van der Waals surface area contributed by atoms with Gasteiger partial charge < -0.3 is 9.80 Å². The lowest BCUT2D eigenvalue weighted by molar-refractivity contribution is -0.140. The highest BCUT2D eigenvalue weighted by Crippen LogP contribution is 2.31. The van der Waals surface area contributed by atoms with E-state index in [4.69, 9.17) is 0 Å². The maximum Gasteiger partial charge on any atom is 0.416 e. The maximum absolute atomic E-state index is 12.8. The summed E-state index contributed by atoms with van der Waals surface area (Å²) in [6.07, 6.45) is -3.22. The molecule has 0 bridgehead atoms. The summed E-state index contributed by atoms with van der Waals surface area (Å²) in [5.41, 5.74) is -0.716. The van der Waals surface area contributed by atoms with Crippen molar-refractivity contribution in [3.8, 4) is 0 Å². The Morgan fingerprint density at radius 1 is 1.23 bits per heavy atom. The number of halogens is 3. The second kappa shape index (κ2) is 5.42. The van der Waals surface area contributed by atoms with Gasteiger partial charge in [0, 0.05) is 46.0 Å². The number of hydrogen-bond acceptors (Lipinski definition) is 4. The molecule has 0 aromatic carbocycles. The Kier molecular flexibility index (Phi) is 3.72. The zero-order valence-corrected chi connectivity index (χ0v) is 12.2. The van der Waals surface area contributed by atoms with Crippen LogP contribution in [0.25, 0.3) is 0 Å². The fourth-order valence-electron chi connectivity index (χ4n) is 2.94. The fraction of sp³-hybridized carbons (Fsp3) is 0.571. The Labute approximate surface area is 126 Å². The van der Waals surface area contributed by atoms with Crippen LogP contribution in [-0.2, 0) is 11.0 Å².